The number of rotatable bonds is 7. The Labute approximate surface area is 155 Å². The Morgan fingerprint density at radius 2 is 1.77 bits per heavy atom. The summed E-state index contributed by atoms with van der Waals surface area (Å²) in [5.41, 5.74) is 1.50. The van der Waals surface area contributed by atoms with Gasteiger partial charge in [0.05, 0.1) is 4.90 Å². The van der Waals surface area contributed by atoms with E-state index < -0.39 is 10.0 Å². The van der Waals surface area contributed by atoms with Crippen LogP contribution in [0.5, 0.6) is 0 Å². The Hall–Kier alpha value is -2.02. The first kappa shape index (κ1) is 18.8. The van der Waals surface area contributed by atoms with Crippen LogP contribution in [-0.4, -0.2) is 38.7 Å². The van der Waals surface area contributed by atoms with Gasteiger partial charge >= 0.3 is 0 Å². The molecule has 26 heavy (non-hydrogen) atoms. The highest BCUT2D eigenvalue weighted by atomic mass is 32.2. The molecule has 138 valence electrons. The normalized spacial score (nSPS) is 16.5. The van der Waals surface area contributed by atoms with Crippen molar-refractivity contribution in [1.29, 1.82) is 0 Å². The van der Waals surface area contributed by atoms with E-state index in [1.54, 1.807) is 12.1 Å². The summed E-state index contributed by atoms with van der Waals surface area (Å²) < 4.78 is 28.2. The molecule has 1 atom stereocenters. The molecular weight excluding hydrogens is 348 g/mol. The van der Waals surface area contributed by atoms with Crippen molar-refractivity contribution in [3.05, 3.63) is 65.7 Å². The molecule has 0 bridgehead atoms. The lowest BCUT2D eigenvalue weighted by Crippen LogP contribution is -2.36. The van der Waals surface area contributed by atoms with Crippen LogP contribution in [0.2, 0.25) is 0 Å². The third-order valence-electron chi connectivity index (χ3n) is 4.78. The summed E-state index contributed by atoms with van der Waals surface area (Å²) >= 11 is 0. The average molecular weight is 372 g/mol. The molecule has 1 saturated heterocycles. The predicted molar refractivity (Wildman–Crippen MR) is 102 cm³/mol. The van der Waals surface area contributed by atoms with Gasteiger partial charge in [-0.25, -0.2) is 13.1 Å². The average Bonchev–Trinajstić information content (AvgIpc) is 3.17. The van der Waals surface area contributed by atoms with Crippen LogP contribution in [-0.2, 0) is 10.0 Å². The molecular formula is C20H24N2O3S. The fraction of sp³-hybridized carbons (Fsp3) is 0.350. The van der Waals surface area contributed by atoms with Gasteiger partial charge in [0.2, 0.25) is 10.0 Å². The first-order valence-corrected chi connectivity index (χ1v) is 10.4. The lowest BCUT2D eigenvalue weighted by atomic mass is 10.1. The zero-order valence-electron chi connectivity index (χ0n) is 14.9. The van der Waals surface area contributed by atoms with Gasteiger partial charge in [-0.1, -0.05) is 42.5 Å². The van der Waals surface area contributed by atoms with E-state index in [0.717, 1.165) is 31.5 Å². The van der Waals surface area contributed by atoms with Crippen LogP contribution < -0.4 is 4.72 Å². The number of likely N-dealkylation sites (tertiary alicyclic amines) is 1. The van der Waals surface area contributed by atoms with Crippen LogP contribution in [0.3, 0.4) is 0 Å². The van der Waals surface area contributed by atoms with Gasteiger partial charge in [0.1, 0.15) is 0 Å². The molecule has 0 radical (unpaired) electrons. The molecule has 0 aliphatic carbocycles. The van der Waals surface area contributed by atoms with Crippen molar-refractivity contribution in [2.75, 3.05) is 19.6 Å². The van der Waals surface area contributed by atoms with Gasteiger partial charge in [-0.15, -0.1) is 0 Å². The zero-order valence-corrected chi connectivity index (χ0v) is 15.7. The van der Waals surface area contributed by atoms with Crippen LogP contribution in [0.1, 0.15) is 41.7 Å². The van der Waals surface area contributed by atoms with E-state index in [9.17, 15) is 13.2 Å². The van der Waals surface area contributed by atoms with Crippen LogP contribution in [0.4, 0.5) is 0 Å². The van der Waals surface area contributed by atoms with Gasteiger partial charge < -0.3 is 0 Å². The van der Waals surface area contributed by atoms with Crippen molar-refractivity contribution in [3.8, 4) is 0 Å². The third-order valence-corrected chi connectivity index (χ3v) is 6.20. The van der Waals surface area contributed by atoms with E-state index in [1.165, 1.54) is 19.1 Å². The number of carbonyl (C=O) groups excluding carboxylic acids is 1. The van der Waals surface area contributed by atoms with Gasteiger partial charge in [-0.2, -0.15) is 0 Å². The molecule has 1 heterocycles. The number of nitrogens with one attached hydrogen (secondary N) is 1. The van der Waals surface area contributed by atoms with E-state index >= 15 is 0 Å². The quantitative estimate of drug-likeness (QED) is 0.759. The highest BCUT2D eigenvalue weighted by molar-refractivity contribution is 7.89. The molecule has 0 spiro atoms. The summed E-state index contributed by atoms with van der Waals surface area (Å²) in [5, 5.41) is 0. The molecule has 6 heteroatoms. The Kier molecular flexibility index (Phi) is 5.86. The maximum Gasteiger partial charge on any atom is 0.240 e. The van der Waals surface area contributed by atoms with Crippen molar-refractivity contribution in [1.82, 2.24) is 9.62 Å². The standard InChI is InChI=1S/C20H24N2O3S/c1-16(23)18-10-7-11-19(14-18)26(24,25)21-15-20(22-12-5-6-13-22)17-8-3-2-4-9-17/h2-4,7-11,14,20-21H,5-6,12-13,15H2,1H3/t20-/m0/s1. The largest absolute Gasteiger partial charge is 0.295 e. The Balaban J connectivity index is 1.79. The van der Waals surface area contributed by atoms with E-state index in [-0.39, 0.29) is 16.7 Å². The maximum atomic E-state index is 12.7. The minimum Gasteiger partial charge on any atom is -0.295 e. The molecule has 0 unspecified atom stereocenters. The number of ketones is 1. The molecule has 0 amide bonds. The summed E-state index contributed by atoms with van der Waals surface area (Å²) in [6.07, 6.45) is 2.27. The van der Waals surface area contributed by atoms with Crippen molar-refractivity contribution in [3.63, 3.8) is 0 Å². The molecule has 1 fully saturated rings. The smallest absolute Gasteiger partial charge is 0.240 e. The number of Topliss-reactive ketones (excluding diaryl/α,β-unsaturated/α-hetero) is 1. The SMILES string of the molecule is CC(=O)c1cccc(S(=O)(=O)NC[C@@H](c2ccccc2)N2CCCC2)c1. The fourth-order valence-corrected chi connectivity index (χ4v) is 4.42. The molecule has 3 rings (SSSR count). The monoisotopic (exact) mass is 372 g/mol. The molecule has 5 nitrogen and oxygen atoms in total. The number of hydrogen-bond donors (Lipinski definition) is 1. The van der Waals surface area contributed by atoms with Crippen LogP contribution in [0.25, 0.3) is 0 Å². The van der Waals surface area contributed by atoms with Gasteiger partial charge in [0, 0.05) is 18.2 Å². The number of hydrogen-bond acceptors (Lipinski definition) is 4. The second kappa shape index (κ2) is 8.12. The summed E-state index contributed by atoms with van der Waals surface area (Å²) in [4.78, 5) is 14.0. The van der Waals surface area contributed by atoms with Crippen LogP contribution in [0.15, 0.2) is 59.5 Å². The molecule has 0 aromatic heterocycles. The summed E-state index contributed by atoms with van der Waals surface area (Å²) in [7, 11) is -3.68. The highest BCUT2D eigenvalue weighted by Gasteiger charge is 2.25. The van der Waals surface area contributed by atoms with Gasteiger partial charge in [0.25, 0.3) is 0 Å². The highest BCUT2D eigenvalue weighted by Crippen LogP contribution is 2.25. The molecule has 2 aromatic rings. The minimum atomic E-state index is -3.68. The molecule has 1 aliphatic heterocycles. The second-order valence-corrected chi connectivity index (χ2v) is 8.37. The van der Waals surface area contributed by atoms with Gasteiger partial charge in [-0.3, -0.25) is 9.69 Å². The summed E-state index contributed by atoms with van der Waals surface area (Å²) in [5.74, 6) is -0.152. The van der Waals surface area contributed by atoms with Crippen molar-refractivity contribution < 1.29 is 13.2 Å². The summed E-state index contributed by atoms with van der Waals surface area (Å²) in [6, 6.07) is 16.2. The fourth-order valence-electron chi connectivity index (χ4n) is 3.34. The van der Waals surface area contributed by atoms with Gasteiger partial charge in [-0.05, 0) is 50.6 Å². The first-order chi connectivity index (χ1) is 12.5. The molecule has 0 saturated carbocycles. The molecule has 1 N–H and O–H groups in total. The third kappa shape index (κ3) is 4.38. The lowest BCUT2D eigenvalue weighted by molar-refractivity contribution is 0.101. The number of nitrogens with zero attached hydrogens (tertiary/aromatic N) is 1. The van der Waals surface area contributed by atoms with Crippen LogP contribution >= 0.6 is 0 Å². The van der Waals surface area contributed by atoms with Crippen molar-refractivity contribution in [2.24, 2.45) is 0 Å². The van der Waals surface area contributed by atoms with Crippen molar-refractivity contribution in [2.45, 2.75) is 30.7 Å². The summed E-state index contributed by atoms with van der Waals surface area (Å²) in [6.45, 7) is 3.68. The Bertz CT molecular complexity index is 860. The van der Waals surface area contributed by atoms with Gasteiger partial charge in [0.15, 0.2) is 5.78 Å². The lowest BCUT2D eigenvalue weighted by Gasteiger charge is -2.28. The Morgan fingerprint density at radius 3 is 2.42 bits per heavy atom. The first-order valence-electron chi connectivity index (χ1n) is 8.87. The maximum absolute atomic E-state index is 12.7. The van der Waals surface area contributed by atoms with Crippen LogP contribution in [0, 0.1) is 0 Å². The zero-order chi connectivity index (χ0) is 18.6. The predicted octanol–water partition coefficient (Wildman–Crippen LogP) is 3.00. The topological polar surface area (TPSA) is 66.5 Å². The second-order valence-electron chi connectivity index (χ2n) is 6.61. The minimum absolute atomic E-state index is 0.00413. The molecule has 2 aromatic carbocycles. The van der Waals surface area contributed by atoms with E-state index in [4.69, 9.17) is 0 Å². The van der Waals surface area contributed by atoms with E-state index in [2.05, 4.69) is 9.62 Å². The number of carbonyl (C=O) groups is 1. The number of benzene rings is 2. The number of sulfonamides is 1. The van der Waals surface area contributed by atoms with E-state index in [0.29, 0.717) is 12.1 Å². The van der Waals surface area contributed by atoms with E-state index in [1.807, 2.05) is 30.3 Å². The van der Waals surface area contributed by atoms with Crippen molar-refractivity contribution >= 4 is 15.8 Å². The molecule has 1 aliphatic rings. The Morgan fingerprint density at radius 1 is 1.08 bits per heavy atom.